The predicted octanol–water partition coefficient (Wildman–Crippen LogP) is 6.37. The van der Waals surface area contributed by atoms with Gasteiger partial charge in [0.25, 0.3) is 0 Å². The Hall–Kier alpha value is -2.32. The molecule has 0 spiro atoms. The number of halogens is 5. The highest BCUT2D eigenvalue weighted by Gasteiger charge is 2.34. The van der Waals surface area contributed by atoms with Gasteiger partial charge in [0.15, 0.2) is 10.9 Å². The Labute approximate surface area is 161 Å². The summed E-state index contributed by atoms with van der Waals surface area (Å²) >= 11 is 7.04. The van der Waals surface area contributed by atoms with E-state index < -0.39 is 17.7 Å². The molecule has 1 aromatic heterocycles. The van der Waals surface area contributed by atoms with Gasteiger partial charge < -0.3 is 4.74 Å². The van der Waals surface area contributed by atoms with Gasteiger partial charge in [-0.25, -0.2) is 9.37 Å². The molecule has 2 aromatic carbocycles. The third kappa shape index (κ3) is 5.33. The van der Waals surface area contributed by atoms with Crippen LogP contribution in [-0.4, -0.2) is 9.97 Å². The highest BCUT2D eigenvalue weighted by molar-refractivity contribution is 7.98. The maximum Gasteiger partial charge on any atom is 0.433 e. The van der Waals surface area contributed by atoms with Crippen molar-refractivity contribution < 1.29 is 22.3 Å². The Bertz CT molecular complexity index is 953. The van der Waals surface area contributed by atoms with Gasteiger partial charge in [-0.3, -0.25) is 0 Å². The van der Waals surface area contributed by atoms with Crippen LogP contribution in [0.4, 0.5) is 17.6 Å². The summed E-state index contributed by atoms with van der Waals surface area (Å²) in [5, 5.41) is 0.365. The first-order valence-corrected chi connectivity index (χ1v) is 8.93. The molecule has 0 radical (unpaired) electrons. The fraction of sp³-hybridized carbons (Fsp3) is 0.111. The SMILES string of the molecule is Fc1cccc(Oc2cc(C(F)(F)F)nc(SCc3ccccc3Cl)n2)c1. The zero-order valence-electron chi connectivity index (χ0n) is 13.5. The van der Waals surface area contributed by atoms with E-state index in [0.29, 0.717) is 11.1 Å². The standard InChI is InChI=1S/C18H11ClF4N2OS/c19-14-7-2-1-4-11(14)10-27-17-24-15(18(21,22)23)9-16(25-17)26-13-6-3-5-12(20)8-13/h1-9H,10H2. The topological polar surface area (TPSA) is 35.0 Å². The van der Waals surface area contributed by atoms with Crippen LogP contribution in [0, 0.1) is 5.82 Å². The number of thioether (sulfide) groups is 1. The van der Waals surface area contributed by atoms with Gasteiger partial charge in [0.2, 0.25) is 5.88 Å². The lowest BCUT2D eigenvalue weighted by Gasteiger charge is -2.11. The average molecular weight is 415 g/mol. The molecule has 0 amide bonds. The van der Waals surface area contributed by atoms with Crippen molar-refractivity contribution in [2.75, 3.05) is 0 Å². The summed E-state index contributed by atoms with van der Waals surface area (Å²) in [5.41, 5.74) is -0.414. The quantitative estimate of drug-likeness (QED) is 0.276. The van der Waals surface area contributed by atoms with E-state index in [1.807, 2.05) is 0 Å². The van der Waals surface area contributed by atoms with Gasteiger partial charge >= 0.3 is 6.18 Å². The van der Waals surface area contributed by atoms with E-state index in [2.05, 4.69) is 9.97 Å². The Balaban J connectivity index is 1.87. The molecule has 27 heavy (non-hydrogen) atoms. The summed E-state index contributed by atoms with van der Waals surface area (Å²) in [4.78, 5) is 7.52. The van der Waals surface area contributed by atoms with Crippen LogP contribution >= 0.6 is 23.4 Å². The van der Waals surface area contributed by atoms with Gasteiger partial charge in [-0.1, -0.05) is 47.6 Å². The van der Waals surface area contributed by atoms with E-state index in [0.717, 1.165) is 23.4 Å². The number of alkyl halides is 3. The van der Waals surface area contributed by atoms with Crippen LogP contribution in [0.15, 0.2) is 59.8 Å². The van der Waals surface area contributed by atoms with Gasteiger partial charge in [-0.05, 0) is 23.8 Å². The highest BCUT2D eigenvalue weighted by atomic mass is 35.5. The Morgan fingerprint density at radius 2 is 1.78 bits per heavy atom. The van der Waals surface area contributed by atoms with Crippen molar-refractivity contribution in [2.45, 2.75) is 17.1 Å². The van der Waals surface area contributed by atoms with Gasteiger partial charge in [0, 0.05) is 22.9 Å². The molecular weight excluding hydrogens is 404 g/mol. The van der Waals surface area contributed by atoms with Crippen LogP contribution in [0.1, 0.15) is 11.3 Å². The first kappa shape index (κ1) is 19.4. The monoisotopic (exact) mass is 414 g/mol. The highest BCUT2D eigenvalue weighted by Crippen LogP contribution is 2.33. The fourth-order valence-corrected chi connectivity index (χ4v) is 3.21. The molecule has 0 saturated carbocycles. The molecule has 0 aliphatic heterocycles. The number of ether oxygens (including phenoxy) is 1. The number of rotatable bonds is 5. The minimum Gasteiger partial charge on any atom is -0.439 e. The first-order valence-electron chi connectivity index (χ1n) is 7.57. The normalized spacial score (nSPS) is 11.4. The number of benzene rings is 2. The molecule has 3 rings (SSSR count). The third-order valence-corrected chi connectivity index (χ3v) is 4.57. The lowest BCUT2D eigenvalue weighted by atomic mass is 10.2. The molecule has 0 saturated heterocycles. The van der Waals surface area contributed by atoms with E-state index in [1.54, 1.807) is 24.3 Å². The summed E-state index contributed by atoms with van der Waals surface area (Å²) < 4.78 is 58.0. The molecule has 0 bridgehead atoms. The van der Waals surface area contributed by atoms with Crippen molar-refractivity contribution in [3.05, 3.63) is 76.7 Å². The largest absolute Gasteiger partial charge is 0.439 e. The third-order valence-electron chi connectivity index (χ3n) is 3.31. The van der Waals surface area contributed by atoms with Gasteiger partial charge in [0.1, 0.15) is 11.6 Å². The van der Waals surface area contributed by atoms with Crippen molar-refractivity contribution in [2.24, 2.45) is 0 Å². The first-order chi connectivity index (χ1) is 12.8. The van der Waals surface area contributed by atoms with Crippen LogP contribution < -0.4 is 4.74 Å². The van der Waals surface area contributed by atoms with E-state index in [-0.39, 0.29) is 22.5 Å². The Kier molecular flexibility index (Phi) is 5.86. The van der Waals surface area contributed by atoms with Gasteiger partial charge in [-0.2, -0.15) is 18.2 Å². The molecule has 3 nitrogen and oxygen atoms in total. The maximum atomic E-state index is 13.3. The van der Waals surface area contributed by atoms with Crippen molar-refractivity contribution in [1.82, 2.24) is 9.97 Å². The second-order valence-electron chi connectivity index (χ2n) is 5.31. The molecule has 3 aromatic rings. The molecule has 0 unspecified atom stereocenters. The lowest BCUT2D eigenvalue weighted by Crippen LogP contribution is -2.10. The number of hydrogen-bond donors (Lipinski definition) is 0. The van der Waals surface area contributed by atoms with Crippen molar-refractivity contribution in [1.29, 1.82) is 0 Å². The van der Waals surface area contributed by atoms with E-state index in [9.17, 15) is 17.6 Å². The van der Waals surface area contributed by atoms with Crippen LogP contribution in [0.5, 0.6) is 11.6 Å². The summed E-state index contributed by atoms with van der Waals surface area (Å²) in [6, 6.07) is 12.7. The molecule has 0 aliphatic carbocycles. The molecule has 0 atom stereocenters. The molecular formula is C18H11ClF4N2OS. The lowest BCUT2D eigenvalue weighted by molar-refractivity contribution is -0.141. The van der Waals surface area contributed by atoms with E-state index in [4.69, 9.17) is 16.3 Å². The van der Waals surface area contributed by atoms with Gasteiger partial charge in [-0.15, -0.1) is 0 Å². The summed E-state index contributed by atoms with van der Waals surface area (Å²) in [6.45, 7) is 0. The molecule has 1 heterocycles. The van der Waals surface area contributed by atoms with Crippen LogP contribution in [0.2, 0.25) is 5.02 Å². The molecule has 140 valence electrons. The minimum atomic E-state index is -4.68. The van der Waals surface area contributed by atoms with Crippen molar-refractivity contribution in [3.63, 3.8) is 0 Å². The zero-order chi connectivity index (χ0) is 19.4. The molecule has 0 aliphatic rings. The number of aromatic nitrogens is 2. The van der Waals surface area contributed by atoms with Gasteiger partial charge in [0.05, 0.1) is 0 Å². The number of hydrogen-bond acceptors (Lipinski definition) is 4. The van der Waals surface area contributed by atoms with Crippen molar-refractivity contribution >= 4 is 23.4 Å². The molecule has 0 fully saturated rings. The van der Waals surface area contributed by atoms with Crippen LogP contribution in [0.25, 0.3) is 0 Å². The summed E-state index contributed by atoms with van der Waals surface area (Å²) in [6.07, 6.45) is -4.68. The molecule has 0 N–H and O–H groups in total. The second kappa shape index (κ2) is 8.14. The number of nitrogens with zero attached hydrogens (tertiary/aromatic N) is 2. The smallest absolute Gasteiger partial charge is 0.433 e. The Morgan fingerprint density at radius 1 is 1.00 bits per heavy atom. The predicted molar refractivity (Wildman–Crippen MR) is 94.5 cm³/mol. The van der Waals surface area contributed by atoms with E-state index >= 15 is 0 Å². The average Bonchev–Trinajstić information content (AvgIpc) is 2.60. The van der Waals surface area contributed by atoms with Crippen LogP contribution in [-0.2, 0) is 11.9 Å². The van der Waals surface area contributed by atoms with Crippen molar-refractivity contribution in [3.8, 4) is 11.6 Å². The maximum absolute atomic E-state index is 13.3. The Morgan fingerprint density at radius 3 is 2.48 bits per heavy atom. The summed E-state index contributed by atoms with van der Waals surface area (Å²) in [7, 11) is 0. The minimum absolute atomic E-state index is 0.0314. The zero-order valence-corrected chi connectivity index (χ0v) is 15.1. The second-order valence-corrected chi connectivity index (χ2v) is 6.66. The molecule has 9 heteroatoms. The summed E-state index contributed by atoms with van der Waals surface area (Å²) in [5.74, 6) is -0.597. The van der Waals surface area contributed by atoms with E-state index in [1.165, 1.54) is 18.2 Å². The van der Waals surface area contributed by atoms with Crippen LogP contribution in [0.3, 0.4) is 0 Å². The fourth-order valence-electron chi connectivity index (χ4n) is 2.07.